The van der Waals surface area contributed by atoms with Crippen molar-refractivity contribution in [3.05, 3.63) is 70.8 Å². The summed E-state index contributed by atoms with van der Waals surface area (Å²) < 4.78 is 5.50. The van der Waals surface area contributed by atoms with E-state index in [-0.39, 0.29) is 11.8 Å². The lowest BCUT2D eigenvalue weighted by atomic mass is 9.86. The first kappa shape index (κ1) is 18.5. The molecule has 0 radical (unpaired) electrons. The highest BCUT2D eigenvalue weighted by atomic mass is 32.2. The molecular weight excluding hydrogens is 370 g/mol. The van der Waals surface area contributed by atoms with Crippen LogP contribution in [0.4, 0.5) is 5.69 Å². The van der Waals surface area contributed by atoms with E-state index in [0.717, 1.165) is 22.0 Å². The van der Waals surface area contributed by atoms with E-state index < -0.39 is 0 Å². The number of thioether (sulfide) groups is 1. The van der Waals surface area contributed by atoms with Crippen LogP contribution in [0.5, 0.6) is 5.75 Å². The maximum absolute atomic E-state index is 12.9. The number of fused-ring (bicyclic) bond motifs is 1. The quantitative estimate of drug-likeness (QED) is 0.778. The molecule has 5 nitrogen and oxygen atoms in total. The number of nitrogens with zero attached hydrogens (tertiary/aromatic N) is 3. The molecule has 1 saturated heterocycles. The van der Waals surface area contributed by atoms with Crippen molar-refractivity contribution in [3.63, 3.8) is 0 Å². The monoisotopic (exact) mass is 391 g/mol. The van der Waals surface area contributed by atoms with Gasteiger partial charge in [-0.3, -0.25) is 9.69 Å². The van der Waals surface area contributed by atoms with E-state index in [1.54, 1.807) is 16.7 Å². The average Bonchev–Trinajstić information content (AvgIpc) is 2.75. The van der Waals surface area contributed by atoms with Crippen molar-refractivity contribution in [1.82, 2.24) is 4.90 Å². The highest BCUT2D eigenvalue weighted by molar-refractivity contribution is 8.03. The lowest BCUT2D eigenvalue weighted by Gasteiger charge is -2.42. The highest BCUT2D eigenvalue weighted by Gasteiger charge is 2.38. The molecule has 0 aliphatic carbocycles. The molecule has 6 heteroatoms. The smallest absolute Gasteiger partial charge is 0.229 e. The Labute approximate surface area is 169 Å². The summed E-state index contributed by atoms with van der Waals surface area (Å²) >= 11 is 1.56. The fourth-order valence-corrected chi connectivity index (χ4v) is 4.78. The number of carbonyl (C=O) groups excluding carboxylic acids is 1. The molecule has 142 valence electrons. The zero-order valence-corrected chi connectivity index (χ0v) is 16.5. The van der Waals surface area contributed by atoms with Crippen molar-refractivity contribution < 1.29 is 9.53 Å². The predicted molar refractivity (Wildman–Crippen MR) is 111 cm³/mol. The van der Waals surface area contributed by atoms with Crippen molar-refractivity contribution >= 4 is 23.4 Å². The summed E-state index contributed by atoms with van der Waals surface area (Å²) in [6, 6.07) is 20.1. The van der Waals surface area contributed by atoms with Gasteiger partial charge in [0.05, 0.1) is 35.8 Å². The van der Waals surface area contributed by atoms with Gasteiger partial charge in [-0.25, -0.2) is 0 Å². The molecule has 0 N–H and O–H groups in total. The van der Waals surface area contributed by atoms with Crippen LogP contribution in [0.15, 0.2) is 65.2 Å². The van der Waals surface area contributed by atoms with E-state index in [1.807, 2.05) is 61.5 Å². The molecule has 0 aromatic heterocycles. The number of hydrogen-bond donors (Lipinski definition) is 0. The predicted octanol–water partition coefficient (Wildman–Crippen LogP) is 4.30. The van der Waals surface area contributed by atoms with Gasteiger partial charge in [-0.2, -0.15) is 5.26 Å². The van der Waals surface area contributed by atoms with E-state index in [0.29, 0.717) is 31.1 Å². The minimum Gasteiger partial charge on any atom is -0.494 e. The topological polar surface area (TPSA) is 56.6 Å². The Hall–Kier alpha value is -2.91. The molecule has 4 rings (SSSR count). The van der Waals surface area contributed by atoms with Crippen LogP contribution in [-0.2, 0) is 4.79 Å². The molecule has 0 spiro atoms. The molecule has 2 aliphatic heterocycles. The van der Waals surface area contributed by atoms with Crippen molar-refractivity contribution in [2.24, 2.45) is 0 Å². The van der Waals surface area contributed by atoms with Crippen LogP contribution in [0.1, 0.15) is 24.8 Å². The van der Waals surface area contributed by atoms with Gasteiger partial charge >= 0.3 is 0 Å². The Balaban J connectivity index is 1.62. The lowest BCUT2D eigenvalue weighted by Crippen LogP contribution is -2.47. The van der Waals surface area contributed by atoms with Gasteiger partial charge in [-0.05, 0) is 36.8 Å². The third-order valence-electron chi connectivity index (χ3n) is 5.01. The third kappa shape index (κ3) is 3.46. The Morgan fingerprint density at radius 2 is 1.93 bits per heavy atom. The van der Waals surface area contributed by atoms with Gasteiger partial charge in [-0.15, -0.1) is 0 Å². The Kier molecular flexibility index (Phi) is 5.27. The molecule has 2 aliphatic rings. The van der Waals surface area contributed by atoms with Gasteiger partial charge < -0.3 is 9.64 Å². The number of benzene rings is 2. The number of carbonyl (C=O) groups is 1. The van der Waals surface area contributed by atoms with Gasteiger partial charge in [0.1, 0.15) is 5.75 Å². The molecule has 0 unspecified atom stereocenters. The first-order chi connectivity index (χ1) is 13.7. The van der Waals surface area contributed by atoms with E-state index in [4.69, 9.17) is 4.74 Å². The molecule has 1 amide bonds. The summed E-state index contributed by atoms with van der Waals surface area (Å²) in [7, 11) is 0. The second-order valence-corrected chi connectivity index (χ2v) is 7.63. The number of amides is 1. The fraction of sp³-hybridized carbons (Fsp3) is 0.273. The average molecular weight is 391 g/mol. The largest absolute Gasteiger partial charge is 0.494 e. The number of nitriles is 1. The summed E-state index contributed by atoms with van der Waals surface area (Å²) in [5.41, 5.74) is 2.74. The summed E-state index contributed by atoms with van der Waals surface area (Å²) in [5.74, 6) is 1.37. The molecule has 2 heterocycles. The van der Waals surface area contributed by atoms with Crippen LogP contribution >= 0.6 is 11.8 Å². The molecule has 1 atom stereocenters. The maximum Gasteiger partial charge on any atom is 0.229 e. The fourth-order valence-electron chi connectivity index (χ4n) is 3.61. The third-order valence-corrected chi connectivity index (χ3v) is 6.16. The van der Waals surface area contributed by atoms with Crippen molar-refractivity contribution in [2.75, 3.05) is 24.1 Å². The van der Waals surface area contributed by atoms with Crippen molar-refractivity contribution in [3.8, 4) is 11.8 Å². The minimum atomic E-state index is -0.199. The highest BCUT2D eigenvalue weighted by Crippen LogP contribution is 2.43. The molecule has 2 aromatic rings. The van der Waals surface area contributed by atoms with Gasteiger partial charge in [0, 0.05) is 18.0 Å². The van der Waals surface area contributed by atoms with Crippen LogP contribution in [0, 0.1) is 11.3 Å². The number of rotatable bonds is 4. The van der Waals surface area contributed by atoms with Crippen LogP contribution < -0.4 is 9.64 Å². The van der Waals surface area contributed by atoms with Crippen LogP contribution in [0.25, 0.3) is 0 Å². The molecular formula is C22H21N3O2S. The number of allylic oxidation sites excluding steroid dienone is 1. The molecule has 0 bridgehead atoms. The van der Waals surface area contributed by atoms with Gasteiger partial charge in [0.25, 0.3) is 0 Å². The standard InChI is InChI=1S/C22H21N3O2S/c1-2-27-18-10-8-16(9-11-18)19-12-21(26)25-14-24(17-6-4-3-5-7-17)15-28-22(25)20(19)13-23/h3-11,19H,2,12,14-15H2,1H3/t19-/m0/s1. The SMILES string of the molecule is CCOc1ccc([C@@H]2CC(=O)N3CN(c4ccccc4)CSC3=C2C#N)cc1. The number of anilines is 1. The van der Waals surface area contributed by atoms with Gasteiger partial charge in [0.15, 0.2) is 0 Å². The molecule has 28 heavy (non-hydrogen) atoms. The Morgan fingerprint density at radius 3 is 2.61 bits per heavy atom. The summed E-state index contributed by atoms with van der Waals surface area (Å²) in [6.07, 6.45) is 0.309. The second-order valence-electron chi connectivity index (χ2n) is 6.70. The van der Waals surface area contributed by atoms with Gasteiger partial charge in [-0.1, -0.05) is 42.1 Å². The zero-order valence-electron chi connectivity index (χ0n) is 15.7. The molecule has 2 aromatic carbocycles. The lowest BCUT2D eigenvalue weighted by molar-refractivity contribution is -0.129. The summed E-state index contributed by atoms with van der Waals surface area (Å²) in [5, 5.41) is 10.7. The Bertz CT molecular complexity index is 935. The minimum absolute atomic E-state index is 0.0565. The van der Waals surface area contributed by atoms with E-state index in [2.05, 4.69) is 11.0 Å². The van der Waals surface area contributed by atoms with E-state index >= 15 is 0 Å². The van der Waals surface area contributed by atoms with Gasteiger partial charge in [0.2, 0.25) is 5.91 Å². The number of para-hydroxylation sites is 1. The Morgan fingerprint density at radius 1 is 1.18 bits per heavy atom. The summed E-state index contributed by atoms with van der Waals surface area (Å²) in [6.45, 7) is 3.03. The first-order valence-corrected chi connectivity index (χ1v) is 10.3. The van der Waals surface area contributed by atoms with Crippen LogP contribution in [0.2, 0.25) is 0 Å². The normalized spacial score (nSPS) is 19.3. The maximum atomic E-state index is 12.9. The van der Waals surface area contributed by atoms with Crippen LogP contribution in [-0.4, -0.2) is 30.0 Å². The number of ether oxygens (including phenoxy) is 1. The first-order valence-electron chi connectivity index (χ1n) is 9.31. The van der Waals surface area contributed by atoms with Crippen LogP contribution in [0.3, 0.4) is 0 Å². The van der Waals surface area contributed by atoms with E-state index in [9.17, 15) is 10.1 Å². The zero-order chi connectivity index (χ0) is 19.5. The molecule has 1 fully saturated rings. The van der Waals surface area contributed by atoms with E-state index in [1.165, 1.54) is 0 Å². The second kappa shape index (κ2) is 7.99. The van der Waals surface area contributed by atoms with Crippen molar-refractivity contribution in [2.45, 2.75) is 19.3 Å². The molecule has 0 saturated carbocycles. The van der Waals surface area contributed by atoms with Crippen molar-refractivity contribution in [1.29, 1.82) is 5.26 Å². The summed E-state index contributed by atoms with van der Waals surface area (Å²) in [4.78, 5) is 16.8. The number of hydrogen-bond acceptors (Lipinski definition) is 5.